The van der Waals surface area contributed by atoms with E-state index < -0.39 is 24.6 Å². The van der Waals surface area contributed by atoms with Crippen LogP contribution in [0.5, 0.6) is 5.75 Å². The zero-order valence-corrected chi connectivity index (χ0v) is 24.7. The van der Waals surface area contributed by atoms with E-state index in [-0.39, 0.29) is 30.1 Å². The number of ether oxygens (including phenoxy) is 1. The number of aliphatic hydroxyl groups excluding tert-OH is 1. The highest BCUT2D eigenvalue weighted by molar-refractivity contribution is 5.92. The molecular formula is C32H45FN4O5. The largest absolute Gasteiger partial charge is 0.492 e. The fourth-order valence-electron chi connectivity index (χ4n) is 5.29. The minimum Gasteiger partial charge on any atom is -0.492 e. The Morgan fingerprint density at radius 1 is 0.952 bits per heavy atom. The number of hydrogen-bond donors (Lipinski definition) is 4. The van der Waals surface area contributed by atoms with E-state index in [1.165, 1.54) is 24.1 Å². The van der Waals surface area contributed by atoms with Crippen LogP contribution in [0.2, 0.25) is 0 Å². The number of aryl methyl sites for hydroxylation is 2. The lowest BCUT2D eigenvalue weighted by Gasteiger charge is -2.35. The van der Waals surface area contributed by atoms with Crippen molar-refractivity contribution in [2.75, 3.05) is 39.9 Å². The number of likely N-dealkylation sites (N-methyl/N-ethyl adjacent to an activating group) is 1. The molecule has 1 aliphatic heterocycles. The molecule has 0 radical (unpaired) electrons. The molecule has 10 heteroatoms. The van der Waals surface area contributed by atoms with Crippen molar-refractivity contribution in [1.82, 2.24) is 20.9 Å². The van der Waals surface area contributed by atoms with Gasteiger partial charge in [0.05, 0.1) is 19.2 Å². The number of para-hydroxylation sites is 1. The first-order valence-electron chi connectivity index (χ1n) is 14.9. The zero-order chi connectivity index (χ0) is 30.3. The summed E-state index contributed by atoms with van der Waals surface area (Å²) in [6.07, 6.45) is 6.67. The van der Waals surface area contributed by atoms with Crippen LogP contribution in [0.1, 0.15) is 49.7 Å². The van der Waals surface area contributed by atoms with Crippen molar-refractivity contribution < 1.29 is 28.6 Å². The molecule has 1 fully saturated rings. The average molecular weight is 585 g/mol. The Morgan fingerprint density at radius 3 is 2.36 bits per heavy atom. The Bertz CT molecular complexity index is 1120. The van der Waals surface area contributed by atoms with Crippen molar-refractivity contribution in [2.24, 2.45) is 5.92 Å². The maximum Gasteiger partial charge on any atom is 0.245 e. The fourth-order valence-corrected chi connectivity index (χ4v) is 5.29. The summed E-state index contributed by atoms with van der Waals surface area (Å²) in [7, 11) is 1.53. The number of fused-ring (bicyclic) bond motifs is 1. The van der Waals surface area contributed by atoms with Gasteiger partial charge < -0.3 is 30.7 Å². The summed E-state index contributed by atoms with van der Waals surface area (Å²) in [5.41, 5.74) is 2.16. The molecule has 0 saturated heterocycles. The topological polar surface area (TPSA) is 120 Å². The molecule has 2 aromatic carbocycles. The third-order valence-corrected chi connectivity index (χ3v) is 7.75. The molecule has 1 aliphatic carbocycles. The van der Waals surface area contributed by atoms with Gasteiger partial charge in [0.15, 0.2) is 0 Å². The number of amides is 3. The number of carbonyl (C=O) groups excluding carboxylic acids is 3. The third-order valence-electron chi connectivity index (χ3n) is 7.75. The van der Waals surface area contributed by atoms with Crippen molar-refractivity contribution in [3.05, 3.63) is 65.5 Å². The van der Waals surface area contributed by atoms with Gasteiger partial charge in [-0.05, 0) is 62.3 Å². The molecule has 230 valence electrons. The summed E-state index contributed by atoms with van der Waals surface area (Å²) in [4.78, 5) is 39.6. The van der Waals surface area contributed by atoms with E-state index >= 15 is 0 Å². The first-order chi connectivity index (χ1) is 20.3. The highest BCUT2D eigenvalue weighted by Crippen LogP contribution is 2.28. The number of nitrogens with one attached hydrogen (secondary N) is 3. The van der Waals surface area contributed by atoms with Crippen LogP contribution in [0, 0.1) is 18.7 Å². The molecule has 2 aromatic rings. The van der Waals surface area contributed by atoms with E-state index in [4.69, 9.17) is 4.74 Å². The van der Waals surface area contributed by atoms with Gasteiger partial charge in [-0.1, -0.05) is 55.2 Å². The molecular weight excluding hydrogens is 539 g/mol. The lowest BCUT2D eigenvalue weighted by molar-refractivity contribution is -0.143. The molecule has 0 spiro atoms. The zero-order valence-electron chi connectivity index (χ0n) is 24.7. The SMILES string of the molecule is CN1C(=O)C(C2CCCCC2)NCCOc2ccccc2CCCNC(=O)CNC(=O)C1CO.Cc1ccc(F)cc1. The van der Waals surface area contributed by atoms with E-state index in [1.54, 1.807) is 12.1 Å². The maximum atomic E-state index is 13.5. The van der Waals surface area contributed by atoms with Gasteiger partial charge in [0.25, 0.3) is 0 Å². The number of hydrogen-bond acceptors (Lipinski definition) is 6. The minimum atomic E-state index is -1.06. The summed E-state index contributed by atoms with van der Waals surface area (Å²) >= 11 is 0. The molecule has 4 N–H and O–H groups in total. The first-order valence-corrected chi connectivity index (χ1v) is 14.9. The number of carbonyl (C=O) groups is 3. The third kappa shape index (κ3) is 10.4. The summed E-state index contributed by atoms with van der Waals surface area (Å²) in [6, 6.07) is 12.7. The molecule has 4 rings (SSSR count). The second-order valence-electron chi connectivity index (χ2n) is 10.9. The van der Waals surface area contributed by atoms with Crippen LogP contribution in [0.4, 0.5) is 4.39 Å². The monoisotopic (exact) mass is 584 g/mol. The Kier molecular flexibility index (Phi) is 13.7. The molecule has 42 heavy (non-hydrogen) atoms. The van der Waals surface area contributed by atoms with Gasteiger partial charge in [0.1, 0.15) is 24.2 Å². The first kappa shape index (κ1) is 33.0. The van der Waals surface area contributed by atoms with Gasteiger partial charge in [0.2, 0.25) is 17.7 Å². The van der Waals surface area contributed by atoms with Crippen molar-refractivity contribution in [1.29, 1.82) is 0 Å². The van der Waals surface area contributed by atoms with Gasteiger partial charge >= 0.3 is 0 Å². The van der Waals surface area contributed by atoms with Crippen molar-refractivity contribution in [3.8, 4) is 5.75 Å². The Morgan fingerprint density at radius 2 is 1.67 bits per heavy atom. The van der Waals surface area contributed by atoms with Gasteiger partial charge in [-0.3, -0.25) is 14.4 Å². The standard InChI is InChI=1S/C25H38N4O5.C7H7F/c1-29-20(17-30)24(32)28-16-22(31)26-13-7-11-18-8-5-6-12-21(18)34-15-14-27-23(25(29)33)19-9-3-2-4-10-19;1-6-2-4-7(8)5-3-6/h5-6,8,12,19-20,23,27,30H,2-4,7,9-11,13-17H2,1H3,(H,26,31)(H,28,32);2-5H,1H3. The number of nitrogens with zero attached hydrogens (tertiary/aromatic N) is 1. The lowest BCUT2D eigenvalue weighted by atomic mass is 9.83. The fraction of sp³-hybridized carbons (Fsp3) is 0.531. The molecule has 2 atom stereocenters. The van der Waals surface area contributed by atoms with Crippen LogP contribution in [0.15, 0.2) is 48.5 Å². The van der Waals surface area contributed by atoms with Crippen molar-refractivity contribution >= 4 is 17.7 Å². The maximum absolute atomic E-state index is 13.5. The molecule has 2 aliphatic rings. The van der Waals surface area contributed by atoms with E-state index in [1.807, 2.05) is 31.2 Å². The summed E-state index contributed by atoms with van der Waals surface area (Å²) in [5.74, 6) is -0.292. The van der Waals surface area contributed by atoms with E-state index in [2.05, 4.69) is 16.0 Å². The summed E-state index contributed by atoms with van der Waals surface area (Å²) in [6.45, 7) is 2.56. The number of benzene rings is 2. The number of aliphatic hydroxyl groups is 1. The van der Waals surface area contributed by atoms with Gasteiger partial charge in [0, 0.05) is 20.1 Å². The molecule has 0 aromatic heterocycles. The quantitative estimate of drug-likeness (QED) is 0.431. The van der Waals surface area contributed by atoms with Gasteiger partial charge in [-0.25, -0.2) is 4.39 Å². The Labute approximate surface area is 248 Å². The van der Waals surface area contributed by atoms with Crippen LogP contribution >= 0.6 is 0 Å². The van der Waals surface area contributed by atoms with Crippen LogP contribution in [-0.2, 0) is 20.8 Å². The van der Waals surface area contributed by atoms with E-state index in [9.17, 15) is 23.9 Å². The van der Waals surface area contributed by atoms with Crippen LogP contribution in [-0.4, -0.2) is 79.7 Å². The second-order valence-corrected chi connectivity index (χ2v) is 10.9. The highest BCUT2D eigenvalue weighted by Gasteiger charge is 2.35. The normalized spacial score (nSPS) is 21.8. The van der Waals surface area contributed by atoms with E-state index in [0.717, 1.165) is 61.8 Å². The molecule has 2 unspecified atom stereocenters. The Hall–Kier alpha value is -3.50. The smallest absolute Gasteiger partial charge is 0.245 e. The molecule has 1 saturated carbocycles. The predicted octanol–water partition coefficient (Wildman–Crippen LogP) is 2.74. The minimum absolute atomic E-state index is 0.162. The predicted molar refractivity (Wildman–Crippen MR) is 159 cm³/mol. The molecule has 1 heterocycles. The number of rotatable bonds is 2. The number of halogens is 1. The van der Waals surface area contributed by atoms with Crippen LogP contribution in [0.3, 0.4) is 0 Å². The van der Waals surface area contributed by atoms with Crippen molar-refractivity contribution in [2.45, 2.75) is 64.0 Å². The highest BCUT2D eigenvalue weighted by atomic mass is 19.1. The van der Waals surface area contributed by atoms with Crippen LogP contribution in [0.25, 0.3) is 0 Å². The average Bonchev–Trinajstić information content (AvgIpc) is 3.00. The Balaban J connectivity index is 0.000000521. The lowest BCUT2D eigenvalue weighted by Crippen LogP contribution is -2.57. The molecule has 9 nitrogen and oxygen atoms in total. The molecule has 0 bridgehead atoms. The van der Waals surface area contributed by atoms with Gasteiger partial charge in [-0.15, -0.1) is 0 Å². The van der Waals surface area contributed by atoms with Crippen LogP contribution < -0.4 is 20.7 Å². The summed E-state index contributed by atoms with van der Waals surface area (Å²) in [5, 5.41) is 18.6. The molecule has 3 amide bonds. The van der Waals surface area contributed by atoms with Gasteiger partial charge in [-0.2, -0.15) is 0 Å². The summed E-state index contributed by atoms with van der Waals surface area (Å²) < 4.78 is 18.1. The van der Waals surface area contributed by atoms with E-state index in [0.29, 0.717) is 19.7 Å². The second kappa shape index (κ2) is 17.5. The van der Waals surface area contributed by atoms with Crippen molar-refractivity contribution in [3.63, 3.8) is 0 Å².